The van der Waals surface area contributed by atoms with Crippen molar-refractivity contribution < 1.29 is 22.7 Å². The molecule has 1 rings (SSSR count). The number of carbonyl (C=O) groups is 1. The van der Waals surface area contributed by atoms with Gasteiger partial charge in [0, 0.05) is 6.20 Å². The maximum atomic E-state index is 12.2. The maximum Gasteiger partial charge on any atom is 0.406 e. The molecule has 0 unspecified atom stereocenters. The predicted molar refractivity (Wildman–Crippen MR) is 51.2 cm³/mol. The summed E-state index contributed by atoms with van der Waals surface area (Å²) in [4.78, 5) is 11.4. The summed E-state index contributed by atoms with van der Waals surface area (Å²) in [7, 11) is 0. The summed E-state index contributed by atoms with van der Waals surface area (Å²) in [5, 5.41) is 0. The zero-order valence-corrected chi connectivity index (χ0v) is 8.97. The Labute approximate surface area is 90.8 Å². The Morgan fingerprint density at radius 1 is 1.50 bits per heavy atom. The van der Waals surface area contributed by atoms with Crippen LogP contribution in [0.1, 0.15) is 23.0 Å². The normalized spacial score (nSPS) is 11.6. The fourth-order valence-electron chi connectivity index (χ4n) is 1.38. The average Bonchev–Trinajstić information content (AvgIpc) is 2.44. The van der Waals surface area contributed by atoms with Gasteiger partial charge in [-0.1, -0.05) is 0 Å². The number of rotatable bonds is 3. The van der Waals surface area contributed by atoms with Crippen molar-refractivity contribution in [1.29, 1.82) is 0 Å². The molecule has 0 aromatic carbocycles. The van der Waals surface area contributed by atoms with Crippen LogP contribution in [-0.2, 0) is 11.3 Å². The minimum absolute atomic E-state index is 0.0424. The van der Waals surface area contributed by atoms with Crippen molar-refractivity contribution in [2.75, 3.05) is 6.61 Å². The van der Waals surface area contributed by atoms with E-state index in [2.05, 4.69) is 0 Å². The molecule has 0 N–H and O–H groups in total. The zero-order valence-electron chi connectivity index (χ0n) is 8.97. The number of halogens is 3. The van der Waals surface area contributed by atoms with Gasteiger partial charge in [-0.25, -0.2) is 4.79 Å². The van der Waals surface area contributed by atoms with Gasteiger partial charge in [0.05, 0.1) is 6.61 Å². The number of carbonyl (C=O) groups excluding carboxylic acids is 1. The van der Waals surface area contributed by atoms with Crippen LogP contribution in [0.3, 0.4) is 0 Å². The van der Waals surface area contributed by atoms with E-state index in [0.717, 1.165) is 4.57 Å². The monoisotopic (exact) mass is 235 g/mol. The molecule has 1 heterocycles. The molecule has 0 atom stereocenters. The summed E-state index contributed by atoms with van der Waals surface area (Å²) in [6.45, 7) is 2.12. The number of aryl methyl sites for hydroxylation is 1. The molecule has 16 heavy (non-hydrogen) atoms. The van der Waals surface area contributed by atoms with Crippen LogP contribution in [-0.4, -0.2) is 23.3 Å². The van der Waals surface area contributed by atoms with Crippen LogP contribution in [0.15, 0.2) is 12.3 Å². The van der Waals surface area contributed by atoms with Crippen molar-refractivity contribution in [3.05, 3.63) is 23.5 Å². The van der Waals surface area contributed by atoms with Gasteiger partial charge in [0.2, 0.25) is 0 Å². The molecule has 0 bridgehead atoms. The lowest BCUT2D eigenvalue weighted by Gasteiger charge is -2.11. The Balaban J connectivity index is 2.98. The summed E-state index contributed by atoms with van der Waals surface area (Å²) in [5.41, 5.74) is 0.432. The van der Waals surface area contributed by atoms with Crippen LogP contribution in [0.5, 0.6) is 0 Å². The molecule has 0 spiro atoms. The van der Waals surface area contributed by atoms with Gasteiger partial charge in [0.25, 0.3) is 0 Å². The lowest BCUT2D eigenvalue weighted by atomic mass is 10.3. The van der Waals surface area contributed by atoms with Crippen molar-refractivity contribution >= 4 is 5.97 Å². The molecule has 1 aromatic heterocycles. The second-order valence-electron chi connectivity index (χ2n) is 3.31. The second kappa shape index (κ2) is 4.59. The number of hydrogen-bond acceptors (Lipinski definition) is 2. The molecule has 0 amide bonds. The number of nitrogens with zero attached hydrogens (tertiary/aromatic N) is 1. The number of alkyl halides is 3. The highest BCUT2D eigenvalue weighted by atomic mass is 19.4. The number of esters is 1. The fraction of sp³-hybridized carbons (Fsp3) is 0.500. The van der Waals surface area contributed by atoms with E-state index in [1.165, 1.54) is 12.3 Å². The number of aromatic nitrogens is 1. The third kappa shape index (κ3) is 3.01. The third-order valence-corrected chi connectivity index (χ3v) is 1.98. The van der Waals surface area contributed by atoms with Crippen molar-refractivity contribution in [1.82, 2.24) is 4.57 Å². The molecule has 0 aliphatic carbocycles. The molecule has 0 aliphatic rings. The minimum Gasteiger partial charge on any atom is -0.461 e. The quantitative estimate of drug-likeness (QED) is 0.754. The van der Waals surface area contributed by atoms with Crippen LogP contribution in [0.25, 0.3) is 0 Å². The first-order valence-electron chi connectivity index (χ1n) is 4.74. The summed E-state index contributed by atoms with van der Waals surface area (Å²) >= 11 is 0. The first-order valence-corrected chi connectivity index (χ1v) is 4.74. The van der Waals surface area contributed by atoms with E-state index in [4.69, 9.17) is 4.74 Å². The van der Waals surface area contributed by atoms with Crippen LogP contribution in [0.4, 0.5) is 13.2 Å². The Kier molecular flexibility index (Phi) is 3.62. The zero-order chi connectivity index (χ0) is 12.3. The van der Waals surface area contributed by atoms with Crippen molar-refractivity contribution in [3.63, 3.8) is 0 Å². The van der Waals surface area contributed by atoms with E-state index in [1.807, 2.05) is 0 Å². The van der Waals surface area contributed by atoms with Gasteiger partial charge in [0.1, 0.15) is 12.2 Å². The summed E-state index contributed by atoms with van der Waals surface area (Å²) in [6, 6.07) is 1.46. The summed E-state index contributed by atoms with van der Waals surface area (Å²) in [5.74, 6) is -0.728. The van der Waals surface area contributed by atoms with E-state index in [9.17, 15) is 18.0 Å². The van der Waals surface area contributed by atoms with Gasteiger partial charge in [0.15, 0.2) is 0 Å². The molecular weight excluding hydrogens is 223 g/mol. The summed E-state index contributed by atoms with van der Waals surface area (Å²) < 4.78 is 42.2. The van der Waals surface area contributed by atoms with E-state index < -0.39 is 18.7 Å². The molecule has 3 nitrogen and oxygen atoms in total. The van der Waals surface area contributed by atoms with E-state index in [0.29, 0.717) is 5.56 Å². The van der Waals surface area contributed by atoms with E-state index in [-0.39, 0.29) is 12.3 Å². The van der Waals surface area contributed by atoms with Gasteiger partial charge >= 0.3 is 12.1 Å². The highest BCUT2D eigenvalue weighted by Gasteiger charge is 2.30. The Bertz CT molecular complexity index is 382. The smallest absolute Gasteiger partial charge is 0.406 e. The van der Waals surface area contributed by atoms with Gasteiger partial charge in [-0.15, -0.1) is 0 Å². The van der Waals surface area contributed by atoms with Gasteiger partial charge < -0.3 is 9.30 Å². The molecule has 0 saturated carbocycles. The highest BCUT2D eigenvalue weighted by molar-refractivity contribution is 5.89. The van der Waals surface area contributed by atoms with Gasteiger partial charge in [-0.05, 0) is 25.5 Å². The second-order valence-corrected chi connectivity index (χ2v) is 3.31. The number of ether oxygens (including phenoxy) is 1. The molecule has 6 heteroatoms. The van der Waals surface area contributed by atoms with E-state index >= 15 is 0 Å². The largest absolute Gasteiger partial charge is 0.461 e. The van der Waals surface area contributed by atoms with Gasteiger partial charge in [-0.3, -0.25) is 0 Å². The Morgan fingerprint density at radius 3 is 2.62 bits per heavy atom. The fourth-order valence-corrected chi connectivity index (χ4v) is 1.38. The lowest BCUT2D eigenvalue weighted by molar-refractivity contribution is -0.140. The molecule has 0 radical (unpaired) electrons. The summed E-state index contributed by atoms with van der Waals surface area (Å²) in [6.07, 6.45) is -3.12. The SMILES string of the molecule is CCOC(=O)c1c(C)ccn1CC(F)(F)F. The Hall–Kier alpha value is -1.46. The third-order valence-electron chi connectivity index (χ3n) is 1.98. The van der Waals surface area contributed by atoms with Crippen LogP contribution in [0.2, 0.25) is 0 Å². The molecule has 0 aliphatic heterocycles. The first-order chi connectivity index (χ1) is 7.35. The minimum atomic E-state index is -4.35. The predicted octanol–water partition coefficient (Wildman–Crippen LogP) is 2.54. The molecule has 0 fully saturated rings. The van der Waals surface area contributed by atoms with Crippen LogP contribution < -0.4 is 0 Å². The highest BCUT2D eigenvalue weighted by Crippen LogP contribution is 2.21. The van der Waals surface area contributed by atoms with Crippen molar-refractivity contribution in [3.8, 4) is 0 Å². The topological polar surface area (TPSA) is 31.2 Å². The molecule has 90 valence electrons. The first kappa shape index (κ1) is 12.6. The average molecular weight is 235 g/mol. The van der Waals surface area contributed by atoms with Crippen molar-refractivity contribution in [2.45, 2.75) is 26.6 Å². The van der Waals surface area contributed by atoms with Crippen molar-refractivity contribution in [2.24, 2.45) is 0 Å². The maximum absolute atomic E-state index is 12.2. The lowest BCUT2D eigenvalue weighted by Crippen LogP contribution is -2.21. The van der Waals surface area contributed by atoms with Gasteiger partial charge in [-0.2, -0.15) is 13.2 Å². The molecule has 1 aromatic rings. The number of hydrogen-bond donors (Lipinski definition) is 0. The van der Waals surface area contributed by atoms with Crippen LogP contribution in [0, 0.1) is 6.92 Å². The Morgan fingerprint density at radius 2 is 2.12 bits per heavy atom. The molecular formula is C10H12F3NO2. The standard InChI is InChI=1S/C10H12F3NO2/c1-3-16-9(15)8-7(2)4-5-14(8)6-10(11,12)13/h4-5H,3,6H2,1-2H3. The molecule has 0 saturated heterocycles. The van der Waals surface area contributed by atoms with E-state index in [1.54, 1.807) is 13.8 Å². The van der Waals surface area contributed by atoms with Crippen LogP contribution >= 0.6 is 0 Å².